The van der Waals surface area contributed by atoms with Crippen molar-refractivity contribution in [3.63, 3.8) is 0 Å². The Labute approximate surface area is 97.8 Å². The van der Waals surface area contributed by atoms with Gasteiger partial charge in [0.2, 0.25) is 0 Å². The molecule has 2 nitrogen and oxygen atoms in total. The molecule has 0 radical (unpaired) electrons. The second-order valence-electron chi connectivity index (χ2n) is 4.54. The van der Waals surface area contributed by atoms with Gasteiger partial charge in [-0.05, 0) is 24.6 Å². The maximum atomic E-state index is 12.3. The molecule has 0 aliphatic carbocycles. The van der Waals surface area contributed by atoms with Crippen LogP contribution in [0.25, 0.3) is 0 Å². The summed E-state index contributed by atoms with van der Waals surface area (Å²) >= 11 is 0. The summed E-state index contributed by atoms with van der Waals surface area (Å²) in [5, 5.41) is 3.09. The average Bonchev–Trinajstić information content (AvgIpc) is 2.23. The number of nitrogens with one attached hydrogen (secondary N) is 1. The Morgan fingerprint density at radius 1 is 1.24 bits per heavy atom. The predicted octanol–water partition coefficient (Wildman–Crippen LogP) is 2.58. The number of rotatable bonds is 3. The van der Waals surface area contributed by atoms with Gasteiger partial charge in [0.05, 0.1) is 17.8 Å². The Balaban J connectivity index is 1.94. The fraction of sp³-hybridized carbons (Fsp3) is 0.500. The monoisotopic (exact) mass is 245 g/mol. The molecule has 0 amide bonds. The first-order chi connectivity index (χ1) is 7.89. The van der Waals surface area contributed by atoms with Gasteiger partial charge < -0.3 is 10.1 Å². The minimum Gasteiger partial charge on any atom is -0.368 e. The summed E-state index contributed by atoms with van der Waals surface area (Å²) in [7, 11) is 0. The minimum atomic E-state index is -4.27. The van der Waals surface area contributed by atoms with E-state index in [0.717, 1.165) is 30.8 Å². The Bertz CT molecular complexity index is 382. The second-order valence-corrected chi connectivity index (χ2v) is 4.54. The SMILES string of the molecule is CC1(OCc2ccc(C(F)(F)F)cc2)CNC1. The zero-order valence-corrected chi connectivity index (χ0v) is 9.47. The number of hydrogen-bond donors (Lipinski definition) is 1. The molecule has 1 N–H and O–H groups in total. The Morgan fingerprint density at radius 3 is 2.24 bits per heavy atom. The fourth-order valence-electron chi connectivity index (χ4n) is 1.63. The van der Waals surface area contributed by atoms with Crippen molar-refractivity contribution in [3.8, 4) is 0 Å². The summed E-state index contributed by atoms with van der Waals surface area (Å²) in [6.07, 6.45) is -4.27. The van der Waals surface area contributed by atoms with Crippen LogP contribution in [-0.4, -0.2) is 18.7 Å². The van der Waals surface area contributed by atoms with Crippen LogP contribution >= 0.6 is 0 Å². The van der Waals surface area contributed by atoms with Gasteiger partial charge in [-0.1, -0.05) is 12.1 Å². The Kier molecular flexibility index (Phi) is 3.14. The Morgan fingerprint density at radius 2 is 1.82 bits per heavy atom. The van der Waals surface area contributed by atoms with Crippen LogP contribution in [0.5, 0.6) is 0 Å². The van der Waals surface area contributed by atoms with E-state index in [1.165, 1.54) is 12.1 Å². The average molecular weight is 245 g/mol. The summed E-state index contributed by atoms with van der Waals surface area (Å²) in [4.78, 5) is 0. The van der Waals surface area contributed by atoms with Crippen molar-refractivity contribution in [2.24, 2.45) is 0 Å². The Hall–Kier alpha value is -1.07. The molecule has 0 bridgehead atoms. The standard InChI is InChI=1S/C12H14F3NO/c1-11(7-16-8-11)17-6-9-2-4-10(5-3-9)12(13,14)15/h2-5,16H,6-8H2,1H3. The zero-order valence-electron chi connectivity index (χ0n) is 9.47. The number of alkyl halides is 3. The smallest absolute Gasteiger partial charge is 0.368 e. The van der Waals surface area contributed by atoms with Crippen molar-refractivity contribution in [2.45, 2.75) is 25.3 Å². The van der Waals surface area contributed by atoms with E-state index >= 15 is 0 Å². The fourth-order valence-corrected chi connectivity index (χ4v) is 1.63. The van der Waals surface area contributed by atoms with Gasteiger partial charge in [-0.2, -0.15) is 13.2 Å². The molecule has 0 aromatic heterocycles. The second kappa shape index (κ2) is 4.31. The van der Waals surface area contributed by atoms with E-state index < -0.39 is 11.7 Å². The van der Waals surface area contributed by atoms with Crippen LogP contribution < -0.4 is 5.32 Å². The molecule has 1 saturated heterocycles. The molecule has 2 rings (SSSR count). The minimum absolute atomic E-state index is 0.178. The highest BCUT2D eigenvalue weighted by Gasteiger charge is 2.32. The van der Waals surface area contributed by atoms with Gasteiger partial charge in [-0.25, -0.2) is 0 Å². The number of halogens is 3. The summed E-state index contributed by atoms with van der Waals surface area (Å²) in [5.41, 5.74) is -0.0493. The summed E-state index contributed by atoms with van der Waals surface area (Å²) in [6, 6.07) is 5.08. The third-order valence-electron chi connectivity index (χ3n) is 2.87. The molecule has 1 fully saturated rings. The van der Waals surface area contributed by atoms with E-state index in [2.05, 4.69) is 5.32 Å². The molecule has 1 aliphatic heterocycles. The van der Waals surface area contributed by atoms with Gasteiger partial charge in [-0.3, -0.25) is 0 Å². The summed E-state index contributed by atoms with van der Waals surface area (Å²) in [6.45, 7) is 3.89. The molecule has 5 heteroatoms. The maximum absolute atomic E-state index is 12.3. The quantitative estimate of drug-likeness (QED) is 0.883. The molecule has 0 atom stereocenters. The van der Waals surface area contributed by atoms with E-state index in [0.29, 0.717) is 6.61 Å². The third kappa shape index (κ3) is 2.98. The van der Waals surface area contributed by atoms with Gasteiger partial charge in [0.1, 0.15) is 0 Å². The van der Waals surface area contributed by atoms with Crippen LogP contribution in [-0.2, 0) is 17.5 Å². The van der Waals surface area contributed by atoms with Crippen molar-refractivity contribution in [1.82, 2.24) is 5.32 Å². The first-order valence-electron chi connectivity index (χ1n) is 5.40. The van der Waals surface area contributed by atoms with Crippen molar-refractivity contribution in [3.05, 3.63) is 35.4 Å². The molecule has 94 valence electrons. The van der Waals surface area contributed by atoms with Gasteiger partial charge in [0.15, 0.2) is 0 Å². The van der Waals surface area contributed by atoms with E-state index in [-0.39, 0.29) is 5.60 Å². The van der Waals surface area contributed by atoms with E-state index in [1.54, 1.807) is 0 Å². The lowest BCUT2D eigenvalue weighted by molar-refractivity contribution is -0.137. The van der Waals surface area contributed by atoms with Crippen LogP contribution in [0.2, 0.25) is 0 Å². The third-order valence-corrected chi connectivity index (χ3v) is 2.87. The summed E-state index contributed by atoms with van der Waals surface area (Å²) in [5.74, 6) is 0. The lowest BCUT2D eigenvalue weighted by atomic mass is 10.00. The normalized spacial score (nSPS) is 18.8. The molecule has 1 heterocycles. The summed E-state index contributed by atoms with van der Waals surface area (Å²) < 4.78 is 42.6. The molecule has 0 spiro atoms. The van der Waals surface area contributed by atoms with Gasteiger partial charge >= 0.3 is 6.18 Å². The van der Waals surface area contributed by atoms with Crippen LogP contribution in [0.15, 0.2) is 24.3 Å². The maximum Gasteiger partial charge on any atom is 0.416 e. The molecule has 0 unspecified atom stereocenters. The number of ether oxygens (including phenoxy) is 1. The number of hydrogen-bond acceptors (Lipinski definition) is 2. The predicted molar refractivity (Wildman–Crippen MR) is 57.5 cm³/mol. The highest BCUT2D eigenvalue weighted by molar-refractivity contribution is 5.24. The zero-order chi connectivity index (χ0) is 12.5. The highest BCUT2D eigenvalue weighted by atomic mass is 19.4. The topological polar surface area (TPSA) is 21.3 Å². The van der Waals surface area contributed by atoms with Gasteiger partial charge in [0.25, 0.3) is 0 Å². The van der Waals surface area contributed by atoms with Gasteiger partial charge in [0, 0.05) is 13.1 Å². The van der Waals surface area contributed by atoms with E-state index in [9.17, 15) is 13.2 Å². The van der Waals surface area contributed by atoms with E-state index in [1.807, 2.05) is 6.92 Å². The molecule has 1 aromatic carbocycles. The molecule has 1 aromatic rings. The van der Waals surface area contributed by atoms with Crippen LogP contribution in [0, 0.1) is 0 Å². The van der Waals surface area contributed by atoms with Crippen LogP contribution in [0.3, 0.4) is 0 Å². The van der Waals surface area contributed by atoms with Crippen molar-refractivity contribution in [2.75, 3.05) is 13.1 Å². The van der Waals surface area contributed by atoms with Gasteiger partial charge in [-0.15, -0.1) is 0 Å². The van der Waals surface area contributed by atoms with Crippen LogP contribution in [0.4, 0.5) is 13.2 Å². The number of benzene rings is 1. The molecule has 17 heavy (non-hydrogen) atoms. The highest BCUT2D eigenvalue weighted by Crippen LogP contribution is 2.29. The lowest BCUT2D eigenvalue weighted by Crippen LogP contribution is -2.58. The first kappa shape index (κ1) is 12.4. The van der Waals surface area contributed by atoms with Crippen LogP contribution in [0.1, 0.15) is 18.1 Å². The first-order valence-corrected chi connectivity index (χ1v) is 5.40. The molecule has 1 aliphatic rings. The van der Waals surface area contributed by atoms with E-state index in [4.69, 9.17) is 4.74 Å². The molecular weight excluding hydrogens is 231 g/mol. The lowest BCUT2D eigenvalue weighted by Gasteiger charge is -2.39. The van der Waals surface area contributed by atoms with Crippen molar-refractivity contribution in [1.29, 1.82) is 0 Å². The van der Waals surface area contributed by atoms with Crippen molar-refractivity contribution < 1.29 is 17.9 Å². The molecule has 0 saturated carbocycles. The largest absolute Gasteiger partial charge is 0.416 e. The van der Waals surface area contributed by atoms with Crippen molar-refractivity contribution >= 4 is 0 Å². The molecular formula is C12H14F3NO.